The van der Waals surface area contributed by atoms with E-state index in [2.05, 4.69) is 5.32 Å². The molecule has 2 heterocycles. The minimum atomic E-state index is -0.658. The molecule has 12 heavy (non-hydrogen) atoms. The number of piperidine rings is 1. The van der Waals surface area contributed by atoms with Gasteiger partial charge in [-0.3, -0.25) is 4.79 Å². The van der Waals surface area contributed by atoms with Crippen molar-refractivity contribution in [1.82, 2.24) is 5.32 Å². The minimum Gasteiger partial charge on any atom is -0.481 e. The summed E-state index contributed by atoms with van der Waals surface area (Å²) < 4.78 is 5.31. The molecule has 2 fully saturated rings. The van der Waals surface area contributed by atoms with Crippen molar-refractivity contribution in [3.63, 3.8) is 0 Å². The second kappa shape index (κ2) is 3.03. The maximum atomic E-state index is 10.9. The number of nitrogens with one attached hydrogen (secondary N) is 1. The molecule has 2 bridgehead atoms. The average molecular weight is 171 g/mol. The summed E-state index contributed by atoms with van der Waals surface area (Å²) in [6.07, 6.45) is 0. The van der Waals surface area contributed by atoms with E-state index in [1.165, 1.54) is 0 Å². The van der Waals surface area contributed by atoms with Gasteiger partial charge in [-0.05, 0) is 0 Å². The molecule has 4 heteroatoms. The van der Waals surface area contributed by atoms with Crippen molar-refractivity contribution >= 4 is 5.97 Å². The highest BCUT2D eigenvalue weighted by atomic mass is 16.5. The summed E-state index contributed by atoms with van der Waals surface area (Å²) in [5.41, 5.74) is 0. The van der Waals surface area contributed by atoms with Gasteiger partial charge in [0.2, 0.25) is 0 Å². The quantitative estimate of drug-likeness (QED) is 0.561. The summed E-state index contributed by atoms with van der Waals surface area (Å²) in [5.74, 6) is -0.486. The molecule has 2 aliphatic rings. The zero-order valence-electron chi connectivity index (χ0n) is 6.82. The van der Waals surface area contributed by atoms with Gasteiger partial charge in [-0.2, -0.15) is 0 Å². The van der Waals surface area contributed by atoms with Crippen LogP contribution in [0.5, 0.6) is 0 Å². The second-order valence-corrected chi connectivity index (χ2v) is 3.58. The smallest absolute Gasteiger partial charge is 0.307 e. The monoisotopic (exact) mass is 171 g/mol. The van der Waals surface area contributed by atoms with Crippen LogP contribution in [0.1, 0.15) is 0 Å². The van der Waals surface area contributed by atoms with Crippen LogP contribution in [0.25, 0.3) is 0 Å². The Morgan fingerprint density at radius 1 is 1.33 bits per heavy atom. The van der Waals surface area contributed by atoms with E-state index in [4.69, 9.17) is 9.84 Å². The lowest BCUT2D eigenvalue weighted by Gasteiger charge is -2.40. The molecule has 2 rings (SSSR count). The molecule has 1 unspecified atom stereocenters. The maximum Gasteiger partial charge on any atom is 0.307 e. The Bertz CT molecular complexity index is 173. The largest absolute Gasteiger partial charge is 0.481 e. The predicted octanol–water partition coefficient (Wildman–Crippen LogP) is -0.447. The maximum absolute atomic E-state index is 10.9. The Labute approximate surface area is 70.9 Å². The van der Waals surface area contributed by atoms with Crippen LogP contribution < -0.4 is 5.32 Å². The Balaban J connectivity index is 2.13. The van der Waals surface area contributed by atoms with Crippen LogP contribution in [-0.2, 0) is 9.53 Å². The van der Waals surface area contributed by atoms with Gasteiger partial charge >= 0.3 is 5.97 Å². The summed E-state index contributed by atoms with van der Waals surface area (Å²) >= 11 is 0. The van der Waals surface area contributed by atoms with E-state index in [0.717, 1.165) is 13.1 Å². The molecule has 2 N–H and O–H groups in total. The molecular formula is C8H13NO3. The van der Waals surface area contributed by atoms with Crippen LogP contribution in [-0.4, -0.2) is 37.4 Å². The zero-order chi connectivity index (χ0) is 8.55. The minimum absolute atomic E-state index is 0.176. The number of hydrogen-bond acceptors (Lipinski definition) is 3. The molecule has 68 valence electrons. The third-order valence-electron chi connectivity index (χ3n) is 2.78. The van der Waals surface area contributed by atoms with Crippen LogP contribution >= 0.6 is 0 Å². The van der Waals surface area contributed by atoms with Gasteiger partial charge in [0, 0.05) is 24.9 Å². The van der Waals surface area contributed by atoms with E-state index in [9.17, 15) is 4.79 Å². The summed E-state index contributed by atoms with van der Waals surface area (Å²) in [4.78, 5) is 10.9. The first-order valence-electron chi connectivity index (χ1n) is 4.30. The lowest BCUT2D eigenvalue weighted by molar-refractivity contribution is -0.155. The first kappa shape index (κ1) is 8.01. The van der Waals surface area contributed by atoms with Gasteiger partial charge in [0.05, 0.1) is 19.1 Å². The number of hydrogen-bond donors (Lipinski definition) is 2. The molecule has 3 atom stereocenters. The summed E-state index contributed by atoms with van der Waals surface area (Å²) in [6, 6.07) is 0. The van der Waals surface area contributed by atoms with Gasteiger partial charge in [-0.1, -0.05) is 0 Å². The molecule has 4 nitrogen and oxygen atoms in total. The zero-order valence-corrected chi connectivity index (χ0v) is 6.82. The van der Waals surface area contributed by atoms with E-state index >= 15 is 0 Å². The molecule has 0 saturated carbocycles. The van der Waals surface area contributed by atoms with Gasteiger partial charge < -0.3 is 15.2 Å². The number of fused-ring (bicyclic) bond motifs is 2. The number of carbonyl (C=O) groups is 1. The van der Waals surface area contributed by atoms with E-state index in [-0.39, 0.29) is 17.8 Å². The summed E-state index contributed by atoms with van der Waals surface area (Å²) in [5, 5.41) is 12.2. The van der Waals surface area contributed by atoms with Crippen LogP contribution in [0.3, 0.4) is 0 Å². The molecule has 0 spiro atoms. The second-order valence-electron chi connectivity index (χ2n) is 3.58. The molecule has 0 aliphatic carbocycles. The van der Waals surface area contributed by atoms with Crippen LogP contribution in [0.15, 0.2) is 0 Å². The average Bonchev–Trinajstić information content (AvgIpc) is 2.02. The lowest BCUT2D eigenvalue weighted by Crippen LogP contribution is -2.53. The van der Waals surface area contributed by atoms with Gasteiger partial charge in [0.1, 0.15) is 0 Å². The van der Waals surface area contributed by atoms with Crippen LogP contribution in [0.2, 0.25) is 0 Å². The fraction of sp³-hybridized carbons (Fsp3) is 0.875. The number of carboxylic acids is 1. The summed E-state index contributed by atoms with van der Waals surface area (Å²) in [6.45, 7) is 2.77. The summed E-state index contributed by atoms with van der Waals surface area (Å²) in [7, 11) is 0. The molecule has 0 aromatic rings. The highest BCUT2D eigenvalue weighted by Gasteiger charge is 2.41. The predicted molar refractivity (Wildman–Crippen MR) is 41.8 cm³/mol. The molecule has 0 aromatic heterocycles. The van der Waals surface area contributed by atoms with Crippen molar-refractivity contribution in [3.8, 4) is 0 Å². The van der Waals surface area contributed by atoms with Crippen molar-refractivity contribution < 1.29 is 14.6 Å². The fourth-order valence-electron chi connectivity index (χ4n) is 2.19. The highest BCUT2D eigenvalue weighted by Crippen LogP contribution is 2.29. The number of rotatable bonds is 1. The lowest BCUT2D eigenvalue weighted by atomic mass is 9.77. The van der Waals surface area contributed by atoms with E-state index in [1.807, 2.05) is 0 Å². The van der Waals surface area contributed by atoms with Crippen molar-refractivity contribution in [2.24, 2.45) is 17.8 Å². The topological polar surface area (TPSA) is 58.6 Å². The molecule has 0 aromatic carbocycles. The Morgan fingerprint density at radius 3 is 2.33 bits per heavy atom. The fourth-order valence-corrected chi connectivity index (χ4v) is 2.19. The molecule has 2 saturated heterocycles. The Hall–Kier alpha value is -0.610. The Morgan fingerprint density at radius 2 is 1.92 bits per heavy atom. The molecule has 0 radical (unpaired) electrons. The third kappa shape index (κ3) is 1.21. The van der Waals surface area contributed by atoms with E-state index < -0.39 is 5.97 Å². The van der Waals surface area contributed by atoms with E-state index in [0.29, 0.717) is 13.2 Å². The van der Waals surface area contributed by atoms with Crippen LogP contribution in [0.4, 0.5) is 0 Å². The number of aliphatic carboxylic acids is 1. The standard InChI is InChI=1S/C8H13NO3/c10-8(11)7-5-1-9-2-6(7)4-12-3-5/h5-7,9H,1-4H2,(H,10,11)/t5-,6+,7?. The first-order valence-corrected chi connectivity index (χ1v) is 4.30. The van der Waals surface area contributed by atoms with Crippen LogP contribution in [0, 0.1) is 17.8 Å². The number of carboxylic acid groups (broad SMARTS) is 1. The first-order chi connectivity index (χ1) is 5.79. The molecule has 2 aliphatic heterocycles. The molecule has 0 amide bonds. The Kier molecular flexibility index (Phi) is 2.02. The van der Waals surface area contributed by atoms with E-state index in [1.54, 1.807) is 0 Å². The highest BCUT2D eigenvalue weighted by molar-refractivity contribution is 5.71. The van der Waals surface area contributed by atoms with Crippen molar-refractivity contribution in [2.45, 2.75) is 0 Å². The van der Waals surface area contributed by atoms with Gasteiger partial charge in [-0.25, -0.2) is 0 Å². The normalized spacial score (nSPS) is 40.8. The van der Waals surface area contributed by atoms with Gasteiger partial charge in [0.15, 0.2) is 0 Å². The van der Waals surface area contributed by atoms with Crippen molar-refractivity contribution in [2.75, 3.05) is 26.3 Å². The van der Waals surface area contributed by atoms with Gasteiger partial charge in [0.25, 0.3) is 0 Å². The molecular weight excluding hydrogens is 158 g/mol. The third-order valence-corrected chi connectivity index (χ3v) is 2.78. The SMILES string of the molecule is O=C(O)C1[C@@H]2CNC[C@H]1COC2. The van der Waals surface area contributed by atoms with Crippen molar-refractivity contribution in [1.29, 1.82) is 0 Å². The number of ether oxygens (including phenoxy) is 1. The van der Waals surface area contributed by atoms with Crippen molar-refractivity contribution in [3.05, 3.63) is 0 Å². The van der Waals surface area contributed by atoms with Gasteiger partial charge in [-0.15, -0.1) is 0 Å².